The van der Waals surface area contributed by atoms with Crippen LogP contribution >= 0.6 is 0 Å². The third-order valence-corrected chi connectivity index (χ3v) is 8.33. The first kappa shape index (κ1) is 28.4. The number of nitrogens with one attached hydrogen (secondary N) is 3. The first-order valence-corrected chi connectivity index (χ1v) is 15.3. The Hall–Kier alpha value is -4.68. The number of piperidine rings is 1. The molecular formula is C37H38N4O2. The van der Waals surface area contributed by atoms with E-state index in [0.29, 0.717) is 16.8 Å². The van der Waals surface area contributed by atoms with Gasteiger partial charge in [0.15, 0.2) is 0 Å². The van der Waals surface area contributed by atoms with Crippen LogP contribution in [0.1, 0.15) is 71.3 Å². The minimum atomic E-state index is -0.198. The van der Waals surface area contributed by atoms with Gasteiger partial charge in [-0.05, 0) is 73.3 Å². The van der Waals surface area contributed by atoms with E-state index in [9.17, 15) is 9.59 Å². The van der Waals surface area contributed by atoms with Crippen molar-refractivity contribution in [3.8, 4) is 0 Å². The second-order valence-electron chi connectivity index (χ2n) is 11.3. The number of carbonyl (C=O) groups is 2. The van der Waals surface area contributed by atoms with Crippen molar-refractivity contribution in [3.05, 3.63) is 131 Å². The highest BCUT2D eigenvalue weighted by molar-refractivity contribution is 6.37. The second kappa shape index (κ2) is 13.1. The van der Waals surface area contributed by atoms with Crippen LogP contribution in [0.15, 0.2) is 103 Å². The van der Waals surface area contributed by atoms with Gasteiger partial charge >= 0.3 is 0 Å². The Morgan fingerprint density at radius 3 is 2.23 bits per heavy atom. The van der Waals surface area contributed by atoms with Gasteiger partial charge in [0.1, 0.15) is 0 Å². The standard InChI is InChI=1S/C37H38N4O2/c1-2-32(27-12-6-3-7-13-27)39-36(42)29-18-21-31-33(24-29)40-37(43)34(31)35(28-14-8-4-9-15-28)38-30-19-16-26(17-20-30)25-41-22-10-5-11-23-41/h3-4,6-9,12-21,24,32,38H,2,5,10-11,22-23,25H2,1H3,(H,39,42)(H,40,43)/t32-/m1/s1. The number of likely N-dealkylation sites (tertiary alicyclic amines) is 1. The average molecular weight is 571 g/mol. The van der Waals surface area contributed by atoms with Gasteiger partial charge in [0.2, 0.25) is 0 Å². The molecule has 4 aromatic rings. The number of benzene rings is 4. The van der Waals surface area contributed by atoms with E-state index in [2.05, 4.69) is 52.0 Å². The van der Waals surface area contributed by atoms with Crippen molar-refractivity contribution >= 4 is 34.5 Å². The molecule has 0 bridgehead atoms. The van der Waals surface area contributed by atoms with Gasteiger partial charge in [-0.25, -0.2) is 0 Å². The van der Waals surface area contributed by atoms with Crippen LogP contribution in [0.3, 0.4) is 0 Å². The predicted molar refractivity (Wildman–Crippen MR) is 174 cm³/mol. The first-order chi connectivity index (χ1) is 21.1. The van der Waals surface area contributed by atoms with E-state index in [1.54, 1.807) is 12.1 Å². The van der Waals surface area contributed by atoms with Crippen LogP contribution in [0.2, 0.25) is 0 Å². The molecule has 1 atom stereocenters. The number of hydrogen-bond acceptors (Lipinski definition) is 4. The molecule has 6 rings (SSSR count). The Bertz CT molecular complexity index is 1610. The maximum absolute atomic E-state index is 13.5. The minimum absolute atomic E-state index is 0.0906. The van der Waals surface area contributed by atoms with Crippen LogP contribution < -0.4 is 16.0 Å². The zero-order chi connectivity index (χ0) is 29.6. The number of fused-ring (bicyclic) bond motifs is 1. The summed E-state index contributed by atoms with van der Waals surface area (Å²) in [4.78, 5) is 29.3. The number of anilines is 2. The molecule has 0 aromatic heterocycles. The van der Waals surface area contributed by atoms with Gasteiger partial charge in [0.25, 0.3) is 11.8 Å². The third-order valence-electron chi connectivity index (χ3n) is 8.33. The first-order valence-electron chi connectivity index (χ1n) is 15.3. The molecule has 4 aromatic carbocycles. The SMILES string of the molecule is CC[C@@H](NC(=O)c1ccc2c(c1)NC(=O)C2=C(Nc1ccc(CN2CCCCC2)cc1)c1ccccc1)c1ccccc1. The highest BCUT2D eigenvalue weighted by Crippen LogP contribution is 2.38. The van der Waals surface area contributed by atoms with Crippen LogP contribution in [-0.2, 0) is 11.3 Å². The van der Waals surface area contributed by atoms with E-state index >= 15 is 0 Å². The van der Waals surface area contributed by atoms with Crippen molar-refractivity contribution in [1.82, 2.24) is 10.2 Å². The number of rotatable bonds is 9. The van der Waals surface area contributed by atoms with Gasteiger partial charge in [-0.1, -0.05) is 92.2 Å². The fourth-order valence-corrected chi connectivity index (χ4v) is 6.01. The van der Waals surface area contributed by atoms with Crippen LogP contribution in [0, 0.1) is 0 Å². The summed E-state index contributed by atoms with van der Waals surface area (Å²) >= 11 is 0. The molecule has 0 radical (unpaired) electrons. The van der Waals surface area contributed by atoms with Crippen molar-refractivity contribution in [2.45, 2.75) is 45.2 Å². The van der Waals surface area contributed by atoms with Crippen molar-refractivity contribution in [2.75, 3.05) is 23.7 Å². The molecule has 6 nitrogen and oxygen atoms in total. The smallest absolute Gasteiger partial charge is 0.258 e. The third kappa shape index (κ3) is 6.55. The molecule has 2 aliphatic heterocycles. The van der Waals surface area contributed by atoms with E-state index < -0.39 is 0 Å². The maximum Gasteiger partial charge on any atom is 0.258 e. The van der Waals surface area contributed by atoms with Crippen molar-refractivity contribution in [1.29, 1.82) is 0 Å². The lowest BCUT2D eigenvalue weighted by atomic mass is 9.98. The number of hydrogen-bond donors (Lipinski definition) is 3. The van der Waals surface area contributed by atoms with Gasteiger partial charge in [-0.3, -0.25) is 14.5 Å². The summed E-state index contributed by atoms with van der Waals surface area (Å²) in [5.41, 5.74) is 7.37. The Balaban J connectivity index is 1.27. The molecule has 2 aliphatic rings. The summed E-state index contributed by atoms with van der Waals surface area (Å²) in [5.74, 6) is -0.368. The second-order valence-corrected chi connectivity index (χ2v) is 11.3. The normalized spacial score (nSPS) is 16.6. The van der Waals surface area contributed by atoms with Crippen LogP contribution in [0.4, 0.5) is 11.4 Å². The Morgan fingerprint density at radius 2 is 1.53 bits per heavy atom. The molecule has 6 heteroatoms. The largest absolute Gasteiger partial charge is 0.354 e. The quantitative estimate of drug-likeness (QED) is 0.182. The van der Waals surface area contributed by atoms with E-state index in [0.717, 1.165) is 54.1 Å². The van der Waals surface area contributed by atoms with E-state index in [4.69, 9.17) is 0 Å². The zero-order valence-electron chi connectivity index (χ0n) is 24.6. The highest BCUT2D eigenvalue weighted by Gasteiger charge is 2.29. The van der Waals surface area contributed by atoms with E-state index in [1.165, 1.54) is 24.8 Å². The molecule has 3 N–H and O–H groups in total. The Kier molecular flexibility index (Phi) is 8.66. The van der Waals surface area contributed by atoms with Crippen LogP contribution in [0.5, 0.6) is 0 Å². The van der Waals surface area contributed by atoms with E-state index in [-0.39, 0.29) is 17.9 Å². The van der Waals surface area contributed by atoms with E-state index in [1.807, 2.05) is 66.7 Å². The highest BCUT2D eigenvalue weighted by atomic mass is 16.2. The van der Waals surface area contributed by atoms with Gasteiger partial charge in [-0.2, -0.15) is 0 Å². The van der Waals surface area contributed by atoms with Gasteiger partial charge in [0.05, 0.1) is 17.3 Å². The van der Waals surface area contributed by atoms with Crippen molar-refractivity contribution < 1.29 is 9.59 Å². The Labute approximate surface area is 253 Å². The summed E-state index contributed by atoms with van der Waals surface area (Å²) in [6.45, 7) is 5.34. The molecular weight excluding hydrogens is 532 g/mol. The number of carbonyl (C=O) groups excluding carboxylic acids is 2. The molecule has 218 valence electrons. The van der Waals surface area contributed by atoms with Crippen molar-refractivity contribution in [2.24, 2.45) is 0 Å². The van der Waals surface area contributed by atoms with Crippen LogP contribution in [0.25, 0.3) is 11.3 Å². The van der Waals surface area contributed by atoms with Gasteiger partial charge in [-0.15, -0.1) is 0 Å². The minimum Gasteiger partial charge on any atom is -0.354 e. The zero-order valence-corrected chi connectivity index (χ0v) is 24.6. The molecule has 1 fully saturated rings. The molecule has 1 saturated heterocycles. The van der Waals surface area contributed by atoms with Gasteiger partial charge in [0, 0.05) is 29.0 Å². The molecule has 2 amide bonds. The lowest BCUT2D eigenvalue weighted by Crippen LogP contribution is -2.29. The van der Waals surface area contributed by atoms with Crippen molar-refractivity contribution in [3.63, 3.8) is 0 Å². The topological polar surface area (TPSA) is 73.5 Å². The molecule has 0 aliphatic carbocycles. The molecule has 0 spiro atoms. The molecule has 43 heavy (non-hydrogen) atoms. The molecule has 2 heterocycles. The van der Waals surface area contributed by atoms with Crippen LogP contribution in [-0.4, -0.2) is 29.8 Å². The lowest BCUT2D eigenvalue weighted by molar-refractivity contribution is -0.110. The number of nitrogens with zero attached hydrogens (tertiary/aromatic N) is 1. The summed E-state index contributed by atoms with van der Waals surface area (Å²) < 4.78 is 0. The fourth-order valence-electron chi connectivity index (χ4n) is 6.01. The summed E-state index contributed by atoms with van der Waals surface area (Å²) in [6, 6.07) is 33.7. The summed E-state index contributed by atoms with van der Waals surface area (Å²) in [7, 11) is 0. The van der Waals surface area contributed by atoms with Gasteiger partial charge < -0.3 is 16.0 Å². The molecule has 0 unspecified atom stereocenters. The summed E-state index contributed by atoms with van der Waals surface area (Å²) in [6.07, 6.45) is 4.65. The maximum atomic E-state index is 13.5. The molecule has 0 saturated carbocycles. The Morgan fingerprint density at radius 1 is 0.837 bits per heavy atom. The summed E-state index contributed by atoms with van der Waals surface area (Å²) in [5, 5.41) is 9.71. The fraction of sp³-hybridized carbons (Fsp3) is 0.243. The lowest BCUT2D eigenvalue weighted by Gasteiger charge is -2.26. The number of amides is 2. The average Bonchev–Trinajstić information content (AvgIpc) is 3.39. The predicted octanol–water partition coefficient (Wildman–Crippen LogP) is 7.49. The monoisotopic (exact) mass is 570 g/mol.